The summed E-state index contributed by atoms with van der Waals surface area (Å²) in [6.45, 7) is 2.13. The first-order valence-electron chi connectivity index (χ1n) is 6.77. The molecular formula is C15H15N3O2. The molecule has 0 N–H and O–H groups in total. The monoisotopic (exact) mass is 269 g/mol. The molecule has 0 amide bonds. The van der Waals surface area contributed by atoms with E-state index in [0.717, 1.165) is 42.7 Å². The predicted molar refractivity (Wildman–Crippen MR) is 72.4 cm³/mol. The van der Waals surface area contributed by atoms with Crippen LogP contribution in [-0.4, -0.2) is 9.72 Å². The molecule has 2 heterocycles. The number of aromatic nitrogens is 2. The van der Waals surface area contributed by atoms with E-state index in [9.17, 15) is 4.79 Å². The van der Waals surface area contributed by atoms with Crippen LogP contribution in [0.25, 0.3) is 0 Å². The first kappa shape index (κ1) is 12.7. The molecule has 1 aliphatic carbocycles. The third kappa shape index (κ3) is 2.03. The highest BCUT2D eigenvalue weighted by Crippen LogP contribution is 2.24. The molecule has 0 saturated carbocycles. The van der Waals surface area contributed by atoms with Gasteiger partial charge in [-0.2, -0.15) is 5.26 Å². The molecule has 0 unspecified atom stereocenters. The van der Waals surface area contributed by atoms with Crippen LogP contribution >= 0.6 is 0 Å². The molecule has 102 valence electrons. The van der Waals surface area contributed by atoms with Crippen LogP contribution in [0.1, 0.15) is 41.0 Å². The van der Waals surface area contributed by atoms with Crippen molar-refractivity contribution in [2.75, 3.05) is 0 Å². The third-order valence-corrected chi connectivity index (χ3v) is 3.84. The minimum atomic E-state index is -0.264. The summed E-state index contributed by atoms with van der Waals surface area (Å²) in [5.41, 5.74) is 2.60. The first-order chi connectivity index (χ1) is 9.70. The highest BCUT2D eigenvalue weighted by molar-refractivity contribution is 5.34. The number of rotatable bonds is 2. The molecular weight excluding hydrogens is 254 g/mol. The number of aryl methyl sites for hydroxylation is 2. The maximum absolute atomic E-state index is 12.2. The van der Waals surface area contributed by atoms with E-state index in [1.807, 2.05) is 6.07 Å². The molecule has 0 aromatic carbocycles. The Bertz CT molecular complexity index is 749. The second-order valence-electron chi connectivity index (χ2n) is 5.16. The van der Waals surface area contributed by atoms with Crippen molar-refractivity contribution in [2.45, 2.75) is 39.2 Å². The van der Waals surface area contributed by atoms with Gasteiger partial charge in [0, 0.05) is 18.2 Å². The lowest BCUT2D eigenvalue weighted by molar-refractivity contribution is 0.367. The Balaban J connectivity index is 1.99. The minimum Gasteiger partial charge on any atom is -0.361 e. The number of nitrogens with zero attached hydrogens (tertiary/aromatic N) is 3. The van der Waals surface area contributed by atoms with Gasteiger partial charge < -0.3 is 9.09 Å². The van der Waals surface area contributed by atoms with Crippen LogP contribution in [0.2, 0.25) is 0 Å². The average Bonchev–Trinajstić information content (AvgIpc) is 2.86. The normalized spacial score (nSPS) is 13.8. The van der Waals surface area contributed by atoms with E-state index in [-0.39, 0.29) is 11.1 Å². The molecule has 0 aliphatic heterocycles. The van der Waals surface area contributed by atoms with Crippen molar-refractivity contribution in [3.63, 3.8) is 0 Å². The maximum atomic E-state index is 12.2. The lowest BCUT2D eigenvalue weighted by Gasteiger charge is -2.10. The van der Waals surface area contributed by atoms with Crippen LogP contribution in [0.15, 0.2) is 21.6 Å². The summed E-state index contributed by atoms with van der Waals surface area (Å²) in [5.74, 6) is 0.951. The molecule has 0 radical (unpaired) electrons. The summed E-state index contributed by atoms with van der Waals surface area (Å²) < 4.78 is 6.88. The van der Waals surface area contributed by atoms with Gasteiger partial charge in [-0.25, -0.2) is 0 Å². The van der Waals surface area contributed by atoms with Gasteiger partial charge in [0.1, 0.15) is 23.1 Å². The van der Waals surface area contributed by atoms with Crippen molar-refractivity contribution in [1.82, 2.24) is 9.72 Å². The lowest BCUT2D eigenvalue weighted by atomic mass is 9.96. The minimum absolute atomic E-state index is 0.199. The van der Waals surface area contributed by atoms with Gasteiger partial charge in [0.05, 0.1) is 6.54 Å². The van der Waals surface area contributed by atoms with Gasteiger partial charge in [0.15, 0.2) is 0 Å². The van der Waals surface area contributed by atoms with Crippen LogP contribution in [0.3, 0.4) is 0 Å². The Morgan fingerprint density at radius 1 is 1.45 bits per heavy atom. The number of hydrogen-bond acceptors (Lipinski definition) is 4. The van der Waals surface area contributed by atoms with Crippen LogP contribution in [0.5, 0.6) is 0 Å². The molecule has 2 aromatic heterocycles. The van der Waals surface area contributed by atoms with E-state index in [1.165, 1.54) is 4.57 Å². The quantitative estimate of drug-likeness (QED) is 0.835. The van der Waals surface area contributed by atoms with E-state index >= 15 is 0 Å². The highest BCUT2D eigenvalue weighted by atomic mass is 16.5. The zero-order valence-corrected chi connectivity index (χ0v) is 11.3. The van der Waals surface area contributed by atoms with Gasteiger partial charge in [0.2, 0.25) is 0 Å². The molecule has 0 saturated heterocycles. The van der Waals surface area contributed by atoms with Crippen molar-refractivity contribution in [3.8, 4) is 6.07 Å². The Morgan fingerprint density at radius 2 is 2.25 bits per heavy atom. The molecule has 0 spiro atoms. The van der Waals surface area contributed by atoms with Crippen molar-refractivity contribution >= 4 is 0 Å². The number of pyridine rings is 1. The predicted octanol–water partition coefficient (Wildman–Crippen LogP) is 1.94. The molecule has 5 heteroatoms. The largest absolute Gasteiger partial charge is 0.361 e. The Kier molecular flexibility index (Phi) is 3.15. The second-order valence-corrected chi connectivity index (χ2v) is 5.16. The summed E-state index contributed by atoms with van der Waals surface area (Å²) >= 11 is 0. The van der Waals surface area contributed by atoms with Crippen LogP contribution in [-0.2, 0) is 19.4 Å². The topological polar surface area (TPSA) is 71.8 Å². The van der Waals surface area contributed by atoms with Crippen LogP contribution in [0, 0.1) is 18.3 Å². The fourth-order valence-electron chi connectivity index (χ4n) is 2.66. The number of fused-ring (bicyclic) bond motifs is 1. The molecule has 2 aromatic rings. The van der Waals surface area contributed by atoms with Crippen LogP contribution < -0.4 is 5.56 Å². The maximum Gasteiger partial charge on any atom is 0.269 e. The van der Waals surface area contributed by atoms with E-state index in [0.29, 0.717) is 12.1 Å². The fourth-order valence-corrected chi connectivity index (χ4v) is 2.66. The zero-order chi connectivity index (χ0) is 14.1. The summed E-state index contributed by atoms with van der Waals surface area (Å²) in [6.07, 6.45) is 5.86. The smallest absolute Gasteiger partial charge is 0.269 e. The summed E-state index contributed by atoms with van der Waals surface area (Å²) in [7, 11) is 0. The Labute approximate surface area is 116 Å². The van der Waals surface area contributed by atoms with Gasteiger partial charge in [-0.15, -0.1) is 0 Å². The number of hydrogen-bond donors (Lipinski definition) is 0. The SMILES string of the molecule is Cc1ccn(Cc2noc3c2CCCC3)c(=O)c1C#N. The van der Waals surface area contributed by atoms with Gasteiger partial charge in [-0.3, -0.25) is 4.79 Å². The molecule has 0 bridgehead atoms. The molecule has 0 atom stereocenters. The summed E-state index contributed by atoms with van der Waals surface area (Å²) in [5, 5.41) is 13.1. The highest BCUT2D eigenvalue weighted by Gasteiger charge is 2.20. The standard InChI is InChI=1S/C15H15N3O2/c1-10-6-7-18(15(19)12(10)8-16)9-13-11-4-2-3-5-14(11)20-17-13/h6-7H,2-5,9H2,1H3. The molecule has 5 nitrogen and oxygen atoms in total. The van der Waals surface area contributed by atoms with Crippen molar-refractivity contribution in [1.29, 1.82) is 5.26 Å². The molecule has 3 rings (SSSR count). The second kappa shape index (κ2) is 4.97. The Hall–Kier alpha value is -2.35. The fraction of sp³-hybridized carbons (Fsp3) is 0.400. The summed E-state index contributed by atoms with van der Waals surface area (Å²) in [6, 6.07) is 3.75. The van der Waals surface area contributed by atoms with E-state index < -0.39 is 0 Å². The van der Waals surface area contributed by atoms with Gasteiger partial charge in [-0.1, -0.05) is 5.16 Å². The third-order valence-electron chi connectivity index (χ3n) is 3.84. The van der Waals surface area contributed by atoms with Crippen molar-refractivity contribution in [2.24, 2.45) is 0 Å². The molecule has 1 aliphatic rings. The lowest BCUT2D eigenvalue weighted by Crippen LogP contribution is -2.24. The van der Waals surface area contributed by atoms with Crippen LogP contribution in [0.4, 0.5) is 0 Å². The first-order valence-corrected chi connectivity index (χ1v) is 6.77. The van der Waals surface area contributed by atoms with Crippen molar-refractivity contribution in [3.05, 3.63) is 50.8 Å². The van der Waals surface area contributed by atoms with Crippen molar-refractivity contribution < 1.29 is 4.52 Å². The number of nitriles is 1. The molecule has 0 fully saturated rings. The average molecular weight is 269 g/mol. The molecule has 20 heavy (non-hydrogen) atoms. The van der Waals surface area contributed by atoms with Gasteiger partial charge in [-0.05, 0) is 37.8 Å². The van der Waals surface area contributed by atoms with E-state index in [4.69, 9.17) is 9.78 Å². The van der Waals surface area contributed by atoms with E-state index in [1.54, 1.807) is 19.2 Å². The summed E-state index contributed by atoms with van der Waals surface area (Å²) in [4.78, 5) is 12.2. The van der Waals surface area contributed by atoms with Gasteiger partial charge >= 0.3 is 0 Å². The van der Waals surface area contributed by atoms with E-state index in [2.05, 4.69) is 5.16 Å². The van der Waals surface area contributed by atoms with Gasteiger partial charge in [0.25, 0.3) is 5.56 Å². The Morgan fingerprint density at radius 3 is 3.05 bits per heavy atom. The zero-order valence-electron chi connectivity index (χ0n) is 11.3.